The van der Waals surface area contributed by atoms with Crippen LogP contribution in [0.15, 0.2) is 41.4 Å². The number of anilines is 2. The average Bonchev–Trinajstić information content (AvgIpc) is 2.72. The van der Waals surface area contributed by atoms with E-state index in [9.17, 15) is 14.4 Å². The van der Waals surface area contributed by atoms with Crippen molar-refractivity contribution in [3.63, 3.8) is 0 Å². The third-order valence-electron chi connectivity index (χ3n) is 4.50. The van der Waals surface area contributed by atoms with E-state index in [0.29, 0.717) is 35.2 Å². The summed E-state index contributed by atoms with van der Waals surface area (Å²) in [7, 11) is 0. The summed E-state index contributed by atoms with van der Waals surface area (Å²) in [6.07, 6.45) is 1.43. The molecule has 0 aliphatic carbocycles. The zero-order chi connectivity index (χ0) is 21.0. The van der Waals surface area contributed by atoms with Crippen LogP contribution >= 0.6 is 23.4 Å². The van der Waals surface area contributed by atoms with Crippen LogP contribution < -0.4 is 10.2 Å². The van der Waals surface area contributed by atoms with Gasteiger partial charge in [0.1, 0.15) is 12.4 Å². The number of rotatable bonds is 6. The van der Waals surface area contributed by atoms with E-state index in [1.165, 1.54) is 22.9 Å². The lowest BCUT2D eigenvalue weighted by atomic mass is 10.1. The molecule has 0 fully saturated rings. The summed E-state index contributed by atoms with van der Waals surface area (Å²) in [5.74, 6) is -0.0804. The van der Waals surface area contributed by atoms with Crippen LogP contribution in [-0.2, 0) is 9.59 Å². The first kappa shape index (κ1) is 21.1. The number of nitrogens with zero attached hydrogens (tertiary/aromatic N) is 3. The van der Waals surface area contributed by atoms with E-state index in [2.05, 4.69) is 10.3 Å². The van der Waals surface area contributed by atoms with Gasteiger partial charge in [-0.3, -0.25) is 14.4 Å². The Bertz CT molecular complexity index is 932. The molecule has 7 nitrogen and oxygen atoms in total. The lowest BCUT2D eigenvalue weighted by Crippen LogP contribution is -2.41. The largest absolute Gasteiger partial charge is 0.339 e. The second-order valence-corrected chi connectivity index (χ2v) is 7.79. The van der Waals surface area contributed by atoms with Crippen LogP contribution in [0.1, 0.15) is 24.2 Å². The minimum Gasteiger partial charge on any atom is -0.339 e. The molecule has 0 saturated carbocycles. The molecule has 29 heavy (non-hydrogen) atoms. The van der Waals surface area contributed by atoms with Crippen molar-refractivity contribution in [2.75, 3.05) is 35.6 Å². The fraction of sp³-hybridized carbons (Fsp3) is 0.300. The fourth-order valence-corrected chi connectivity index (χ4v) is 4.01. The first-order valence-electron chi connectivity index (χ1n) is 9.20. The number of aromatic nitrogens is 1. The maximum absolute atomic E-state index is 12.7. The van der Waals surface area contributed by atoms with Crippen molar-refractivity contribution in [1.82, 2.24) is 9.88 Å². The van der Waals surface area contributed by atoms with Crippen molar-refractivity contribution >= 4 is 52.6 Å². The van der Waals surface area contributed by atoms with Crippen molar-refractivity contribution in [3.8, 4) is 0 Å². The summed E-state index contributed by atoms with van der Waals surface area (Å²) in [5, 5.41) is 3.12. The monoisotopic (exact) mass is 432 g/mol. The standard InChI is InChI=1S/C20H21ClN4O3S/c1-3-24(4-2)20(28)13-5-7-16-15(9-13)25(19(27)12-29-16)11-18(26)23-17-8-6-14(21)10-22-17/h5-10H,3-4,11-12H2,1-2H3,(H,22,23,26). The molecule has 1 aromatic carbocycles. The summed E-state index contributed by atoms with van der Waals surface area (Å²) in [4.78, 5) is 45.7. The van der Waals surface area contributed by atoms with Crippen molar-refractivity contribution in [1.29, 1.82) is 0 Å². The lowest BCUT2D eigenvalue weighted by Gasteiger charge is -2.29. The van der Waals surface area contributed by atoms with Crippen LogP contribution in [0.4, 0.5) is 11.5 Å². The zero-order valence-electron chi connectivity index (χ0n) is 16.1. The van der Waals surface area contributed by atoms with Gasteiger partial charge < -0.3 is 15.1 Å². The maximum Gasteiger partial charge on any atom is 0.253 e. The summed E-state index contributed by atoms with van der Waals surface area (Å²) < 4.78 is 0. The molecule has 3 rings (SSSR count). The van der Waals surface area contributed by atoms with Crippen LogP contribution in [0.3, 0.4) is 0 Å². The van der Waals surface area contributed by atoms with E-state index >= 15 is 0 Å². The van der Waals surface area contributed by atoms with Crippen molar-refractivity contribution < 1.29 is 14.4 Å². The fourth-order valence-electron chi connectivity index (χ4n) is 2.98. The van der Waals surface area contributed by atoms with Crippen LogP contribution in [0, 0.1) is 0 Å². The van der Waals surface area contributed by atoms with Crippen molar-refractivity contribution in [2.45, 2.75) is 18.7 Å². The molecule has 3 amide bonds. The van der Waals surface area contributed by atoms with Crippen LogP contribution in [-0.4, -0.2) is 53.0 Å². The van der Waals surface area contributed by atoms with E-state index in [-0.39, 0.29) is 30.0 Å². The smallest absolute Gasteiger partial charge is 0.253 e. The number of carbonyl (C=O) groups excluding carboxylic acids is 3. The highest BCUT2D eigenvalue weighted by molar-refractivity contribution is 8.00. The van der Waals surface area contributed by atoms with Gasteiger partial charge in [-0.05, 0) is 44.2 Å². The van der Waals surface area contributed by atoms with Gasteiger partial charge in [0.05, 0.1) is 16.5 Å². The topological polar surface area (TPSA) is 82.6 Å². The minimum atomic E-state index is -0.383. The lowest BCUT2D eigenvalue weighted by molar-refractivity contribution is -0.120. The number of halogens is 1. The number of hydrogen-bond donors (Lipinski definition) is 1. The predicted octanol–water partition coefficient (Wildman–Crippen LogP) is 3.29. The highest BCUT2D eigenvalue weighted by atomic mass is 35.5. The number of carbonyl (C=O) groups is 3. The number of fused-ring (bicyclic) bond motifs is 1. The van der Waals surface area contributed by atoms with Crippen LogP contribution in [0.2, 0.25) is 5.02 Å². The van der Waals surface area contributed by atoms with Gasteiger partial charge in [-0.2, -0.15) is 0 Å². The minimum absolute atomic E-state index is 0.101. The van der Waals surface area contributed by atoms with Gasteiger partial charge in [0.25, 0.3) is 5.91 Å². The molecule has 0 spiro atoms. The van der Waals surface area contributed by atoms with E-state index in [1.807, 2.05) is 19.9 Å². The molecule has 0 atom stereocenters. The number of benzene rings is 1. The van der Waals surface area contributed by atoms with Gasteiger partial charge in [0.15, 0.2) is 0 Å². The van der Waals surface area contributed by atoms with Crippen LogP contribution in [0.5, 0.6) is 0 Å². The number of amides is 3. The van der Waals surface area contributed by atoms with E-state index in [4.69, 9.17) is 11.6 Å². The summed E-state index contributed by atoms with van der Waals surface area (Å²) >= 11 is 7.20. The van der Waals surface area contributed by atoms with Gasteiger partial charge in [-0.15, -0.1) is 11.8 Å². The Labute approximate surface area is 178 Å². The number of thioether (sulfide) groups is 1. The predicted molar refractivity (Wildman–Crippen MR) is 115 cm³/mol. The average molecular weight is 433 g/mol. The van der Waals surface area contributed by atoms with E-state index < -0.39 is 0 Å². The molecule has 1 N–H and O–H groups in total. The normalized spacial score (nSPS) is 13.1. The molecule has 1 aliphatic rings. The van der Waals surface area contributed by atoms with Gasteiger partial charge in [-0.25, -0.2) is 4.98 Å². The SMILES string of the molecule is CCN(CC)C(=O)c1ccc2c(c1)N(CC(=O)Nc1ccc(Cl)cn1)C(=O)CS2. The Morgan fingerprint density at radius 3 is 2.66 bits per heavy atom. The molecule has 0 unspecified atom stereocenters. The van der Waals surface area contributed by atoms with Crippen molar-refractivity contribution in [3.05, 3.63) is 47.1 Å². The second-order valence-electron chi connectivity index (χ2n) is 6.34. The Hall–Kier alpha value is -2.58. The Kier molecular flexibility index (Phi) is 6.76. The van der Waals surface area contributed by atoms with Gasteiger partial charge in [0, 0.05) is 29.7 Å². The highest BCUT2D eigenvalue weighted by Crippen LogP contribution is 2.36. The molecular weight excluding hydrogens is 412 g/mol. The molecule has 0 radical (unpaired) electrons. The number of pyridine rings is 1. The molecule has 1 aromatic heterocycles. The summed E-state index contributed by atoms with van der Waals surface area (Å²) in [6, 6.07) is 8.48. The first-order valence-corrected chi connectivity index (χ1v) is 10.6. The van der Waals surface area contributed by atoms with Gasteiger partial charge in [-0.1, -0.05) is 11.6 Å². The molecule has 0 bridgehead atoms. The third-order valence-corrected chi connectivity index (χ3v) is 5.77. The number of nitrogens with one attached hydrogen (secondary N) is 1. The van der Waals surface area contributed by atoms with E-state index in [0.717, 1.165) is 4.90 Å². The molecule has 2 aromatic rings. The Morgan fingerprint density at radius 2 is 2.00 bits per heavy atom. The Morgan fingerprint density at radius 1 is 1.24 bits per heavy atom. The summed E-state index contributed by atoms with van der Waals surface area (Å²) in [6.45, 7) is 4.86. The molecule has 0 saturated heterocycles. The molecule has 152 valence electrons. The maximum atomic E-state index is 12.7. The number of hydrogen-bond acceptors (Lipinski definition) is 5. The quantitative estimate of drug-likeness (QED) is 0.757. The van der Waals surface area contributed by atoms with Gasteiger partial charge >= 0.3 is 0 Å². The first-order chi connectivity index (χ1) is 13.9. The molecule has 9 heteroatoms. The third kappa shape index (κ3) is 4.89. The molecular formula is C20H21ClN4O3S. The highest BCUT2D eigenvalue weighted by Gasteiger charge is 2.28. The zero-order valence-corrected chi connectivity index (χ0v) is 17.7. The van der Waals surface area contributed by atoms with E-state index in [1.54, 1.807) is 29.2 Å². The van der Waals surface area contributed by atoms with Crippen molar-refractivity contribution in [2.24, 2.45) is 0 Å². The van der Waals surface area contributed by atoms with Gasteiger partial charge in [0.2, 0.25) is 11.8 Å². The molecule has 2 heterocycles. The van der Waals surface area contributed by atoms with Crippen LogP contribution in [0.25, 0.3) is 0 Å². The Balaban J connectivity index is 1.82. The molecule has 1 aliphatic heterocycles. The summed E-state index contributed by atoms with van der Waals surface area (Å²) in [5.41, 5.74) is 1.07. The second kappa shape index (κ2) is 9.28.